The van der Waals surface area contributed by atoms with Crippen LogP contribution in [0.1, 0.15) is 38.9 Å². The lowest BCUT2D eigenvalue weighted by atomic mass is 10.1. The quantitative estimate of drug-likeness (QED) is 0.615. The van der Waals surface area contributed by atoms with Gasteiger partial charge in [-0.05, 0) is 19.1 Å². The van der Waals surface area contributed by atoms with Gasteiger partial charge in [0, 0.05) is 13.2 Å². The van der Waals surface area contributed by atoms with Crippen LogP contribution in [0.25, 0.3) is 0 Å². The lowest BCUT2D eigenvalue weighted by Gasteiger charge is -2.17. The van der Waals surface area contributed by atoms with Crippen molar-refractivity contribution in [3.8, 4) is 0 Å². The highest BCUT2D eigenvalue weighted by Gasteiger charge is 2.40. The van der Waals surface area contributed by atoms with Crippen LogP contribution in [0.5, 0.6) is 0 Å². The van der Waals surface area contributed by atoms with Crippen LogP contribution >= 0.6 is 0 Å². The van der Waals surface area contributed by atoms with Gasteiger partial charge >= 0.3 is 18.3 Å². The van der Waals surface area contributed by atoms with E-state index in [1.165, 1.54) is 6.92 Å². The number of anilines is 1. The second-order valence-corrected chi connectivity index (χ2v) is 5.46. The molecule has 0 aliphatic heterocycles. The highest BCUT2D eigenvalue weighted by atomic mass is 19.4. The molecule has 0 fully saturated rings. The number of esters is 1. The molecule has 0 saturated heterocycles. The minimum Gasteiger partial charge on any atom is -0.462 e. The van der Waals surface area contributed by atoms with Crippen LogP contribution in [0.15, 0.2) is 24.4 Å². The van der Waals surface area contributed by atoms with Crippen LogP contribution < -0.4 is 5.32 Å². The fourth-order valence-corrected chi connectivity index (χ4v) is 2.35. The second-order valence-electron chi connectivity index (χ2n) is 5.46. The fraction of sp³-hybridized carbons (Fsp3) is 0.312. The number of halogens is 6. The number of carbonyl (C=O) groups excluding carboxylic acids is 2. The molecule has 0 bridgehead atoms. The molecule has 12 heteroatoms. The summed E-state index contributed by atoms with van der Waals surface area (Å²) in [5, 5.41) is 4.87. The molecule has 0 saturated carbocycles. The Bertz CT molecular complexity index is 902. The number of nitrogens with zero attached hydrogens (tertiary/aromatic N) is 2. The minimum atomic E-state index is -5.01. The molecule has 0 radical (unpaired) electrons. The average molecular weight is 409 g/mol. The van der Waals surface area contributed by atoms with Crippen molar-refractivity contribution in [3.05, 3.63) is 46.8 Å². The first-order valence-corrected chi connectivity index (χ1v) is 7.65. The van der Waals surface area contributed by atoms with Crippen LogP contribution in [-0.4, -0.2) is 28.3 Å². The van der Waals surface area contributed by atoms with Crippen LogP contribution in [0.2, 0.25) is 0 Å². The molecule has 0 spiro atoms. The summed E-state index contributed by atoms with van der Waals surface area (Å²) in [4.78, 5) is 24.3. The molecule has 1 aromatic heterocycles. The molecule has 152 valence electrons. The van der Waals surface area contributed by atoms with Gasteiger partial charge in [0.25, 0.3) is 5.91 Å². The zero-order chi connectivity index (χ0) is 21.3. The predicted molar refractivity (Wildman–Crippen MR) is 83.6 cm³/mol. The first-order chi connectivity index (χ1) is 12.9. The van der Waals surface area contributed by atoms with E-state index in [9.17, 15) is 35.9 Å². The summed E-state index contributed by atoms with van der Waals surface area (Å²) in [5.74, 6) is -2.69. The molecule has 2 rings (SSSR count). The first-order valence-electron chi connectivity index (χ1n) is 7.65. The molecule has 6 nitrogen and oxygen atoms in total. The summed E-state index contributed by atoms with van der Waals surface area (Å²) in [5.41, 5.74) is -5.64. The Morgan fingerprint density at radius 1 is 1.11 bits per heavy atom. The molecule has 2 aromatic rings. The molecular weight excluding hydrogens is 396 g/mol. The molecular formula is C16H13F6N3O3. The number of hydrogen-bond donors (Lipinski definition) is 1. The van der Waals surface area contributed by atoms with Crippen LogP contribution in [0.3, 0.4) is 0 Å². The molecule has 1 heterocycles. The van der Waals surface area contributed by atoms with E-state index in [1.807, 2.05) is 0 Å². The van der Waals surface area contributed by atoms with E-state index in [0.29, 0.717) is 16.9 Å². The molecule has 1 amide bonds. The molecule has 0 unspecified atom stereocenters. The topological polar surface area (TPSA) is 73.2 Å². The number of hydrogen-bond acceptors (Lipinski definition) is 4. The maximum absolute atomic E-state index is 13.3. The van der Waals surface area contributed by atoms with E-state index >= 15 is 0 Å². The Hall–Kier alpha value is -3.05. The summed E-state index contributed by atoms with van der Waals surface area (Å²) >= 11 is 0. The SMILES string of the molecule is CCOC(=O)c1cccc(C(F)(F)F)c1NC(=O)c1cn(C)nc1C(F)(F)F. The van der Waals surface area contributed by atoms with E-state index in [2.05, 4.69) is 9.84 Å². The molecule has 28 heavy (non-hydrogen) atoms. The van der Waals surface area contributed by atoms with Gasteiger partial charge in [-0.15, -0.1) is 0 Å². The highest BCUT2D eigenvalue weighted by Crippen LogP contribution is 2.38. The zero-order valence-electron chi connectivity index (χ0n) is 14.4. The third kappa shape index (κ3) is 4.43. The van der Waals surface area contributed by atoms with Gasteiger partial charge in [0.15, 0.2) is 5.69 Å². The van der Waals surface area contributed by atoms with E-state index < -0.39 is 52.3 Å². The molecule has 1 aromatic carbocycles. The Morgan fingerprint density at radius 2 is 1.75 bits per heavy atom. The van der Waals surface area contributed by atoms with Crippen LogP contribution in [0, 0.1) is 0 Å². The minimum absolute atomic E-state index is 0.163. The Morgan fingerprint density at radius 3 is 2.29 bits per heavy atom. The fourth-order valence-electron chi connectivity index (χ4n) is 2.35. The largest absolute Gasteiger partial charge is 0.462 e. The lowest BCUT2D eigenvalue weighted by molar-refractivity contribution is -0.141. The number of carbonyl (C=O) groups is 2. The van der Waals surface area contributed by atoms with Crippen molar-refractivity contribution >= 4 is 17.6 Å². The summed E-state index contributed by atoms with van der Waals surface area (Å²) < 4.78 is 84.3. The van der Waals surface area contributed by atoms with Crippen molar-refractivity contribution in [1.29, 1.82) is 0 Å². The van der Waals surface area contributed by atoms with Gasteiger partial charge in [0.05, 0.1) is 29.0 Å². The summed E-state index contributed by atoms with van der Waals surface area (Å²) in [6, 6.07) is 2.44. The van der Waals surface area contributed by atoms with E-state index in [-0.39, 0.29) is 6.61 Å². The van der Waals surface area contributed by atoms with E-state index in [0.717, 1.165) is 19.2 Å². The number of aryl methyl sites for hydroxylation is 1. The maximum atomic E-state index is 13.3. The smallest absolute Gasteiger partial charge is 0.435 e. The Kier molecular flexibility index (Phi) is 5.71. The van der Waals surface area contributed by atoms with Gasteiger partial charge in [0.2, 0.25) is 0 Å². The number of aromatic nitrogens is 2. The zero-order valence-corrected chi connectivity index (χ0v) is 14.4. The van der Waals surface area contributed by atoms with Gasteiger partial charge < -0.3 is 10.1 Å². The molecule has 1 N–H and O–H groups in total. The van der Waals surface area contributed by atoms with Crippen LogP contribution in [0.4, 0.5) is 32.0 Å². The normalized spacial score (nSPS) is 12.0. The van der Waals surface area contributed by atoms with Crippen molar-refractivity contribution in [2.24, 2.45) is 7.05 Å². The van der Waals surface area contributed by atoms with Crippen LogP contribution in [-0.2, 0) is 24.1 Å². The Balaban J connectivity index is 2.56. The van der Waals surface area contributed by atoms with Crippen molar-refractivity contribution in [1.82, 2.24) is 9.78 Å². The van der Waals surface area contributed by atoms with Gasteiger partial charge in [-0.1, -0.05) is 6.07 Å². The maximum Gasteiger partial charge on any atom is 0.435 e. The predicted octanol–water partition coefficient (Wildman–Crippen LogP) is 3.89. The lowest BCUT2D eigenvalue weighted by Crippen LogP contribution is -2.22. The summed E-state index contributed by atoms with van der Waals surface area (Å²) in [7, 11) is 1.11. The number of benzene rings is 1. The van der Waals surface area contributed by atoms with Gasteiger partial charge in [-0.25, -0.2) is 4.79 Å². The summed E-state index contributed by atoms with van der Waals surface area (Å²) in [6.45, 7) is 1.25. The van der Waals surface area contributed by atoms with Gasteiger partial charge in [0.1, 0.15) is 0 Å². The van der Waals surface area contributed by atoms with E-state index in [4.69, 9.17) is 0 Å². The van der Waals surface area contributed by atoms with Gasteiger partial charge in [-0.3, -0.25) is 9.48 Å². The Labute approximate surface area is 154 Å². The van der Waals surface area contributed by atoms with Crippen molar-refractivity contribution < 1.29 is 40.7 Å². The van der Waals surface area contributed by atoms with Crippen molar-refractivity contribution in [2.75, 3.05) is 11.9 Å². The molecule has 0 atom stereocenters. The standard InChI is InChI=1S/C16H13F6N3O3/c1-3-28-14(27)8-5-4-6-10(15(17,18)19)11(8)23-13(26)9-7-25(2)24-12(9)16(20,21)22/h4-7H,3H2,1-2H3,(H,23,26). The average Bonchev–Trinajstić information content (AvgIpc) is 2.96. The number of para-hydroxylation sites is 1. The highest BCUT2D eigenvalue weighted by molar-refractivity contribution is 6.09. The molecule has 0 aliphatic rings. The van der Waals surface area contributed by atoms with Crippen molar-refractivity contribution in [3.63, 3.8) is 0 Å². The second kappa shape index (κ2) is 7.52. The monoisotopic (exact) mass is 409 g/mol. The number of amides is 1. The van der Waals surface area contributed by atoms with Gasteiger partial charge in [-0.2, -0.15) is 31.4 Å². The number of rotatable bonds is 4. The number of nitrogens with one attached hydrogen (secondary N) is 1. The summed E-state index contributed by atoms with van der Waals surface area (Å²) in [6.07, 6.45) is -9.30. The number of alkyl halides is 6. The van der Waals surface area contributed by atoms with E-state index in [1.54, 1.807) is 5.32 Å². The first kappa shape index (κ1) is 21.3. The molecule has 0 aliphatic carbocycles. The number of ether oxygens (including phenoxy) is 1. The third-order valence-corrected chi connectivity index (χ3v) is 3.45. The third-order valence-electron chi connectivity index (χ3n) is 3.45. The van der Waals surface area contributed by atoms with Crippen molar-refractivity contribution in [2.45, 2.75) is 19.3 Å².